The van der Waals surface area contributed by atoms with E-state index >= 15 is 0 Å². The molecule has 98 valence electrons. The van der Waals surface area contributed by atoms with Gasteiger partial charge in [0, 0.05) is 18.0 Å². The molecular formula is C14H13ClN2O2. The second kappa shape index (κ2) is 6.31. The molecule has 1 atom stereocenters. The van der Waals surface area contributed by atoms with Crippen LogP contribution in [0.5, 0.6) is 0 Å². The summed E-state index contributed by atoms with van der Waals surface area (Å²) in [4.78, 5) is 14.4. The summed E-state index contributed by atoms with van der Waals surface area (Å²) in [7, 11) is 0. The minimum absolute atomic E-state index is 0.145. The molecule has 0 aliphatic heterocycles. The molecule has 1 unspecified atom stereocenters. The van der Waals surface area contributed by atoms with Crippen LogP contribution in [-0.4, -0.2) is 23.1 Å². The molecule has 4 nitrogen and oxygen atoms in total. The highest BCUT2D eigenvalue weighted by atomic mass is 35.5. The molecule has 2 N–H and O–H groups in total. The van der Waals surface area contributed by atoms with Gasteiger partial charge in [-0.2, -0.15) is 0 Å². The maximum Gasteiger partial charge on any atom is 0.207 e. The van der Waals surface area contributed by atoms with Gasteiger partial charge < -0.3 is 10.4 Å². The molecule has 0 aliphatic carbocycles. The van der Waals surface area contributed by atoms with Crippen molar-refractivity contribution in [2.75, 3.05) is 6.61 Å². The van der Waals surface area contributed by atoms with Crippen molar-refractivity contribution in [3.05, 3.63) is 53.3 Å². The van der Waals surface area contributed by atoms with Gasteiger partial charge in [0.05, 0.1) is 17.7 Å². The molecule has 1 heterocycles. The molecule has 0 bridgehead atoms. The number of nitrogens with one attached hydrogen (secondary N) is 1. The van der Waals surface area contributed by atoms with Crippen molar-refractivity contribution < 1.29 is 9.90 Å². The molecule has 1 aromatic heterocycles. The first kappa shape index (κ1) is 13.5. The van der Waals surface area contributed by atoms with Gasteiger partial charge in [0.25, 0.3) is 0 Å². The minimum atomic E-state index is -0.389. The zero-order valence-corrected chi connectivity index (χ0v) is 10.8. The predicted octanol–water partition coefficient (Wildman–Crippen LogP) is 2.18. The highest BCUT2D eigenvalue weighted by Crippen LogP contribution is 2.27. The van der Waals surface area contributed by atoms with E-state index in [1.807, 2.05) is 30.3 Å². The Bertz CT molecular complexity index is 558. The highest BCUT2D eigenvalue weighted by Gasteiger charge is 2.09. The third-order valence-electron chi connectivity index (χ3n) is 2.85. The second-order valence-corrected chi connectivity index (χ2v) is 4.40. The molecule has 0 radical (unpaired) electrons. The largest absolute Gasteiger partial charge is 0.394 e. The fourth-order valence-electron chi connectivity index (χ4n) is 1.84. The zero-order chi connectivity index (χ0) is 13.7. The number of hydrogen-bond acceptors (Lipinski definition) is 3. The van der Waals surface area contributed by atoms with Crippen LogP contribution in [-0.2, 0) is 4.79 Å². The maximum atomic E-state index is 10.4. The molecule has 5 heteroatoms. The second-order valence-electron chi connectivity index (χ2n) is 4.00. The lowest BCUT2D eigenvalue weighted by atomic mass is 10.0. The van der Waals surface area contributed by atoms with E-state index in [1.165, 1.54) is 0 Å². The van der Waals surface area contributed by atoms with Crippen molar-refractivity contribution in [1.29, 1.82) is 0 Å². The molecule has 1 amide bonds. The first-order valence-corrected chi connectivity index (χ1v) is 6.14. The summed E-state index contributed by atoms with van der Waals surface area (Å²) < 4.78 is 0. The summed E-state index contributed by atoms with van der Waals surface area (Å²) in [5.41, 5.74) is 2.69. The van der Waals surface area contributed by atoms with Crippen molar-refractivity contribution in [2.24, 2.45) is 0 Å². The topological polar surface area (TPSA) is 62.2 Å². The molecule has 19 heavy (non-hydrogen) atoms. The minimum Gasteiger partial charge on any atom is -0.394 e. The van der Waals surface area contributed by atoms with Gasteiger partial charge in [-0.3, -0.25) is 9.78 Å². The third kappa shape index (κ3) is 3.10. The van der Waals surface area contributed by atoms with Crippen LogP contribution in [0.1, 0.15) is 11.6 Å². The quantitative estimate of drug-likeness (QED) is 0.823. The number of nitrogens with zero attached hydrogens (tertiary/aromatic N) is 1. The first-order valence-electron chi connectivity index (χ1n) is 5.76. The number of benzene rings is 1. The van der Waals surface area contributed by atoms with E-state index in [2.05, 4.69) is 10.3 Å². The van der Waals surface area contributed by atoms with Gasteiger partial charge >= 0.3 is 0 Å². The van der Waals surface area contributed by atoms with Crippen molar-refractivity contribution in [3.8, 4) is 11.1 Å². The molecule has 0 spiro atoms. The van der Waals surface area contributed by atoms with Crippen molar-refractivity contribution >= 4 is 18.0 Å². The lowest BCUT2D eigenvalue weighted by Crippen LogP contribution is -2.22. The van der Waals surface area contributed by atoms with Gasteiger partial charge in [-0.15, -0.1) is 0 Å². The van der Waals surface area contributed by atoms with Crippen LogP contribution in [0.2, 0.25) is 5.02 Å². The Balaban J connectivity index is 2.28. The van der Waals surface area contributed by atoms with Crippen LogP contribution in [0.15, 0.2) is 42.7 Å². The predicted molar refractivity (Wildman–Crippen MR) is 73.7 cm³/mol. The Morgan fingerprint density at radius 2 is 2.05 bits per heavy atom. The summed E-state index contributed by atoms with van der Waals surface area (Å²) in [6, 6.07) is 8.94. The Kier molecular flexibility index (Phi) is 4.49. The third-order valence-corrected chi connectivity index (χ3v) is 3.15. The number of pyridine rings is 1. The van der Waals surface area contributed by atoms with Gasteiger partial charge in [0.15, 0.2) is 0 Å². The smallest absolute Gasteiger partial charge is 0.207 e. The number of aliphatic hydroxyl groups is 1. The molecule has 0 saturated heterocycles. The Morgan fingerprint density at radius 3 is 2.63 bits per heavy atom. The van der Waals surface area contributed by atoms with E-state index in [4.69, 9.17) is 11.6 Å². The molecule has 2 aromatic rings. The van der Waals surface area contributed by atoms with Gasteiger partial charge in [-0.25, -0.2) is 0 Å². The van der Waals surface area contributed by atoms with Crippen molar-refractivity contribution in [3.63, 3.8) is 0 Å². The molecule has 0 saturated carbocycles. The standard InChI is InChI=1S/C14H13ClN2O2/c15-13-7-16-6-5-12(13)10-1-3-11(4-2-10)14(8-18)17-9-19/h1-7,9,14,18H,8H2,(H,17,19). The highest BCUT2D eigenvalue weighted by molar-refractivity contribution is 6.33. The number of hydrogen-bond donors (Lipinski definition) is 2. The Labute approximate surface area is 116 Å². The number of carbonyl (C=O) groups is 1. The number of rotatable bonds is 5. The molecule has 2 rings (SSSR count). The van der Waals surface area contributed by atoms with Gasteiger partial charge in [-0.05, 0) is 17.2 Å². The first-order chi connectivity index (χ1) is 9.26. The van der Waals surface area contributed by atoms with Crippen LogP contribution >= 0.6 is 11.6 Å². The van der Waals surface area contributed by atoms with Crippen LogP contribution in [0, 0.1) is 0 Å². The lowest BCUT2D eigenvalue weighted by molar-refractivity contribution is -0.110. The maximum absolute atomic E-state index is 10.4. The van der Waals surface area contributed by atoms with E-state index in [1.54, 1.807) is 12.4 Å². The fraction of sp³-hybridized carbons (Fsp3) is 0.143. The number of amides is 1. The monoisotopic (exact) mass is 276 g/mol. The Morgan fingerprint density at radius 1 is 1.32 bits per heavy atom. The number of aliphatic hydroxyl groups excluding tert-OH is 1. The van der Waals surface area contributed by atoms with Gasteiger partial charge in [0.1, 0.15) is 0 Å². The van der Waals surface area contributed by atoms with E-state index in [0.717, 1.165) is 16.7 Å². The summed E-state index contributed by atoms with van der Waals surface area (Å²) in [5, 5.41) is 12.3. The van der Waals surface area contributed by atoms with E-state index in [-0.39, 0.29) is 12.6 Å². The van der Waals surface area contributed by atoms with Gasteiger partial charge in [0.2, 0.25) is 6.41 Å². The Hall–Kier alpha value is -1.91. The average Bonchev–Trinajstić information content (AvgIpc) is 2.46. The fourth-order valence-corrected chi connectivity index (χ4v) is 2.07. The zero-order valence-electron chi connectivity index (χ0n) is 10.1. The van der Waals surface area contributed by atoms with Crippen LogP contribution in [0.3, 0.4) is 0 Å². The van der Waals surface area contributed by atoms with Crippen LogP contribution in [0.25, 0.3) is 11.1 Å². The van der Waals surface area contributed by atoms with E-state index < -0.39 is 0 Å². The van der Waals surface area contributed by atoms with Crippen LogP contribution < -0.4 is 5.32 Å². The summed E-state index contributed by atoms with van der Waals surface area (Å²) in [6.45, 7) is -0.145. The van der Waals surface area contributed by atoms with Crippen molar-refractivity contribution in [2.45, 2.75) is 6.04 Å². The molecule has 1 aromatic carbocycles. The van der Waals surface area contributed by atoms with E-state index in [9.17, 15) is 9.90 Å². The number of aromatic nitrogens is 1. The van der Waals surface area contributed by atoms with Crippen molar-refractivity contribution in [1.82, 2.24) is 10.3 Å². The average molecular weight is 277 g/mol. The SMILES string of the molecule is O=CNC(CO)c1ccc(-c2ccncc2Cl)cc1. The summed E-state index contributed by atoms with van der Waals surface area (Å²) >= 11 is 6.08. The summed E-state index contributed by atoms with van der Waals surface area (Å²) in [6.07, 6.45) is 3.85. The lowest BCUT2D eigenvalue weighted by Gasteiger charge is -2.14. The normalized spacial score (nSPS) is 11.9. The van der Waals surface area contributed by atoms with Crippen LogP contribution in [0.4, 0.5) is 0 Å². The summed E-state index contributed by atoms with van der Waals surface area (Å²) in [5.74, 6) is 0. The molecule has 0 aliphatic rings. The van der Waals surface area contributed by atoms with Gasteiger partial charge in [-0.1, -0.05) is 35.9 Å². The van der Waals surface area contributed by atoms with E-state index in [0.29, 0.717) is 11.4 Å². The molecular weight excluding hydrogens is 264 g/mol. The number of carbonyl (C=O) groups excluding carboxylic acids is 1. The molecule has 0 fully saturated rings. The number of halogens is 1.